The van der Waals surface area contributed by atoms with Gasteiger partial charge in [-0.05, 0) is 29.8 Å². The first-order valence-electron chi connectivity index (χ1n) is 8.28. The van der Waals surface area contributed by atoms with Gasteiger partial charge in [-0.3, -0.25) is 4.79 Å². The molecule has 0 bridgehead atoms. The highest BCUT2D eigenvalue weighted by atomic mass is 32.1. The molecule has 0 aliphatic heterocycles. The molecule has 0 saturated heterocycles. The quantitative estimate of drug-likeness (QED) is 0.499. The fourth-order valence-electron chi connectivity index (χ4n) is 2.56. The van der Waals surface area contributed by atoms with E-state index >= 15 is 0 Å². The molecule has 0 aliphatic rings. The molecule has 2 aromatic carbocycles. The minimum absolute atomic E-state index is 0.362. The molecule has 0 aliphatic carbocycles. The van der Waals surface area contributed by atoms with Crippen molar-refractivity contribution in [2.45, 2.75) is 6.54 Å². The lowest BCUT2D eigenvalue weighted by atomic mass is 10.1. The van der Waals surface area contributed by atoms with E-state index in [1.54, 1.807) is 53.5 Å². The Balaban J connectivity index is 1.32. The Morgan fingerprint density at radius 3 is 2.75 bits per heavy atom. The van der Waals surface area contributed by atoms with Crippen molar-refractivity contribution >= 4 is 40.3 Å². The first-order valence-corrected chi connectivity index (χ1v) is 9.02. The van der Waals surface area contributed by atoms with Gasteiger partial charge in [0.05, 0.1) is 29.5 Å². The maximum absolute atomic E-state index is 12.2. The molecule has 0 fully saturated rings. The third kappa shape index (κ3) is 4.01. The number of anilines is 1. The van der Waals surface area contributed by atoms with Crippen LogP contribution in [-0.4, -0.2) is 42.0 Å². The number of nitrogens with one attached hydrogen (secondary N) is 1. The molecular weight excluding hydrogens is 380 g/mol. The third-order valence-electron chi connectivity index (χ3n) is 3.90. The predicted octanol–water partition coefficient (Wildman–Crippen LogP) is 2.13. The zero-order chi connectivity index (χ0) is 19.3. The lowest BCUT2D eigenvalue weighted by molar-refractivity contribution is -0.119. The van der Waals surface area contributed by atoms with E-state index in [-0.39, 0.29) is 0 Å². The lowest BCUT2D eigenvalue weighted by Gasteiger charge is -2.07. The molecule has 10 heteroatoms. The van der Waals surface area contributed by atoms with Crippen LogP contribution in [0.4, 0.5) is 5.69 Å². The number of aromatic nitrogens is 5. The average Bonchev–Trinajstić information content (AvgIpc) is 3.39. The molecule has 1 amide bonds. The van der Waals surface area contributed by atoms with Gasteiger partial charge in [0.2, 0.25) is 0 Å². The molecule has 0 radical (unpaired) electrons. The van der Waals surface area contributed by atoms with Crippen molar-refractivity contribution in [3.05, 3.63) is 66.2 Å². The molecule has 140 valence electrons. The first kappa shape index (κ1) is 17.7. The van der Waals surface area contributed by atoms with Crippen molar-refractivity contribution in [1.29, 1.82) is 0 Å². The summed E-state index contributed by atoms with van der Waals surface area (Å²) in [5.41, 5.74) is 3.16. The van der Waals surface area contributed by atoms with Gasteiger partial charge in [0.25, 0.3) is 5.91 Å². The highest BCUT2D eigenvalue weighted by Gasteiger charge is 2.12. The lowest BCUT2D eigenvalue weighted by Crippen LogP contribution is -2.21. The van der Waals surface area contributed by atoms with Crippen LogP contribution in [0.25, 0.3) is 11.0 Å². The number of benzene rings is 2. The molecule has 2 aromatic heterocycles. The molecule has 1 N–H and O–H groups in total. The third-order valence-corrected chi connectivity index (χ3v) is 4.44. The molecular formula is C18H14N6O3S. The van der Waals surface area contributed by atoms with Crippen LogP contribution in [-0.2, 0) is 16.1 Å². The van der Waals surface area contributed by atoms with Gasteiger partial charge < -0.3 is 10.1 Å². The van der Waals surface area contributed by atoms with Crippen molar-refractivity contribution in [2.75, 3.05) is 11.9 Å². The van der Waals surface area contributed by atoms with Gasteiger partial charge in [0.15, 0.2) is 6.61 Å². The fraction of sp³-hybridized carbons (Fsp3) is 0.111. The van der Waals surface area contributed by atoms with Crippen LogP contribution in [0, 0.1) is 0 Å². The summed E-state index contributed by atoms with van der Waals surface area (Å²) in [6.07, 6.45) is 3.07. The van der Waals surface area contributed by atoms with Crippen LogP contribution >= 0.6 is 11.7 Å². The summed E-state index contributed by atoms with van der Waals surface area (Å²) >= 11 is 1.07. The zero-order valence-electron chi connectivity index (χ0n) is 14.5. The Labute approximate surface area is 163 Å². The van der Waals surface area contributed by atoms with E-state index in [0.717, 1.165) is 17.3 Å². The molecule has 0 atom stereocenters. The Morgan fingerprint density at radius 1 is 1.11 bits per heavy atom. The maximum atomic E-state index is 12.2. The molecule has 0 spiro atoms. The van der Waals surface area contributed by atoms with Crippen LogP contribution in [0.1, 0.15) is 15.9 Å². The van der Waals surface area contributed by atoms with E-state index in [4.69, 9.17) is 4.74 Å². The standard InChI is InChI=1S/C18H14N6O3S/c25-16(21-14-2-1-3-15-17(14)23-28-22-15)9-27-18(26)13-6-4-12(5-7-13)8-24-11-19-10-20-24/h1-7,10-11H,8-9H2,(H,21,25). The second-order valence-corrected chi connectivity index (χ2v) is 6.38. The Hall–Kier alpha value is -3.66. The van der Waals surface area contributed by atoms with Crippen molar-refractivity contribution in [1.82, 2.24) is 23.5 Å². The normalized spacial score (nSPS) is 10.7. The Kier molecular flexibility index (Phi) is 5.02. The van der Waals surface area contributed by atoms with Crippen molar-refractivity contribution in [3.8, 4) is 0 Å². The monoisotopic (exact) mass is 394 g/mol. The van der Waals surface area contributed by atoms with Gasteiger partial charge in [-0.15, -0.1) is 0 Å². The second kappa shape index (κ2) is 7.92. The van der Waals surface area contributed by atoms with Crippen LogP contribution in [0.2, 0.25) is 0 Å². The van der Waals surface area contributed by atoms with E-state index in [0.29, 0.717) is 28.8 Å². The van der Waals surface area contributed by atoms with Crippen molar-refractivity contribution < 1.29 is 14.3 Å². The highest BCUT2D eigenvalue weighted by molar-refractivity contribution is 7.00. The number of nitrogens with zero attached hydrogens (tertiary/aromatic N) is 5. The van der Waals surface area contributed by atoms with Crippen LogP contribution in [0.3, 0.4) is 0 Å². The average molecular weight is 394 g/mol. The zero-order valence-corrected chi connectivity index (χ0v) is 15.3. The second-order valence-electron chi connectivity index (χ2n) is 5.85. The van der Waals surface area contributed by atoms with Crippen LogP contribution in [0.15, 0.2) is 55.1 Å². The van der Waals surface area contributed by atoms with Gasteiger partial charge in [0.1, 0.15) is 23.7 Å². The van der Waals surface area contributed by atoms with Crippen molar-refractivity contribution in [3.63, 3.8) is 0 Å². The summed E-state index contributed by atoms with van der Waals surface area (Å²) in [6, 6.07) is 12.2. The number of amides is 1. The summed E-state index contributed by atoms with van der Waals surface area (Å²) in [4.78, 5) is 28.1. The highest BCUT2D eigenvalue weighted by Crippen LogP contribution is 2.21. The van der Waals surface area contributed by atoms with E-state index in [2.05, 4.69) is 24.1 Å². The predicted molar refractivity (Wildman–Crippen MR) is 102 cm³/mol. The Morgan fingerprint density at radius 2 is 1.96 bits per heavy atom. The summed E-state index contributed by atoms with van der Waals surface area (Å²) in [5.74, 6) is -1.02. The summed E-state index contributed by atoms with van der Waals surface area (Å²) < 4.78 is 15.0. The van der Waals surface area contributed by atoms with E-state index < -0.39 is 18.5 Å². The fourth-order valence-corrected chi connectivity index (χ4v) is 3.11. The van der Waals surface area contributed by atoms with Gasteiger partial charge in [-0.2, -0.15) is 13.8 Å². The van der Waals surface area contributed by atoms with Gasteiger partial charge >= 0.3 is 5.97 Å². The smallest absolute Gasteiger partial charge is 0.338 e. The number of rotatable bonds is 6. The van der Waals surface area contributed by atoms with Crippen LogP contribution < -0.4 is 5.32 Å². The van der Waals surface area contributed by atoms with Crippen LogP contribution in [0.5, 0.6) is 0 Å². The van der Waals surface area contributed by atoms with Crippen molar-refractivity contribution in [2.24, 2.45) is 0 Å². The van der Waals surface area contributed by atoms with Gasteiger partial charge in [-0.1, -0.05) is 18.2 Å². The first-order chi connectivity index (χ1) is 13.7. The Bertz CT molecular complexity index is 1110. The largest absolute Gasteiger partial charge is 0.452 e. The molecule has 2 heterocycles. The van der Waals surface area contributed by atoms with Gasteiger partial charge in [-0.25, -0.2) is 14.5 Å². The number of carbonyl (C=O) groups is 2. The summed E-state index contributed by atoms with van der Waals surface area (Å²) in [6.45, 7) is 0.155. The summed E-state index contributed by atoms with van der Waals surface area (Å²) in [5, 5.41) is 6.71. The topological polar surface area (TPSA) is 112 Å². The molecule has 28 heavy (non-hydrogen) atoms. The molecule has 0 saturated carbocycles. The SMILES string of the molecule is O=C(COC(=O)c1ccc(Cn2cncn2)cc1)Nc1cccc2nsnc12. The minimum atomic E-state index is -0.573. The summed E-state index contributed by atoms with van der Waals surface area (Å²) in [7, 11) is 0. The number of hydrogen-bond acceptors (Lipinski definition) is 8. The maximum Gasteiger partial charge on any atom is 0.338 e. The molecule has 0 unspecified atom stereocenters. The van der Waals surface area contributed by atoms with Gasteiger partial charge in [0, 0.05) is 0 Å². The molecule has 4 aromatic rings. The minimum Gasteiger partial charge on any atom is -0.452 e. The van der Waals surface area contributed by atoms with E-state index in [1.165, 1.54) is 6.33 Å². The number of fused-ring (bicyclic) bond motifs is 1. The molecule has 9 nitrogen and oxygen atoms in total. The van der Waals surface area contributed by atoms with E-state index in [9.17, 15) is 9.59 Å². The number of esters is 1. The number of hydrogen-bond donors (Lipinski definition) is 1. The van der Waals surface area contributed by atoms with E-state index in [1.807, 2.05) is 0 Å². The molecule has 4 rings (SSSR count). The number of ether oxygens (including phenoxy) is 1. The number of carbonyl (C=O) groups excluding carboxylic acids is 2.